The van der Waals surface area contributed by atoms with Crippen molar-refractivity contribution < 1.29 is 9.53 Å². The number of tetrazole rings is 1. The van der Waals surface area contributed by atoms with Crippen LogP contribution in [0.4, 0.5) is 0 Å². The molecule has 0 bridgehead atoms. The number of nitrogens with zero attached hydrogens (tertiary/aromatic N) is 5. The fourth-order valence-corrected chi connectivity index (χ4v) is 2.92. The highest BCUT2D eigenvalue weighted by Crippen LogP contribution is 2.27. The van der Waals surface area contributed by atoms with Crippen LogP contribution in [0.25, 0.3) is 11.4 Å². The molecule has 146 valence electrons. The molecule has 0 saturated carbocycles. The number of likely N-dealkylation sites (N-methyl/N-ethyl adjacent to an activating group) is 1. The lowest BCUT2D eigenvalue weighted by Gasteiger charge is -2.26. The smallest absolute Gasteiger partial charge is 0.243 e. The summed E-state index contributed by atoms with van der Waals surface area (Å²) in [6.07, 6.45) is 0. The number of carbonyl (C=O) groups excluding carboxylic acids is 1. The average Bonchev–Trinajstić information content (AvgIpc) is 3.17. The number of amides is 1. The van der Waals surface area contributed by atoms with Gasteiger partial charge in [-0.1, -0.05) is 48.5 Å². The van der Waals surface area contributed by atoms with Gasteiger partial charge in [0.05, 0.1) is 13.2 Å². The van der Waals surface area contributed by atoms with Gasteiger partial charge in [-0.3, -0.25) is 4.79 Å². The number of benzene rings is 2. The van der Waals surface area contributed by atoms with Crippen molar-refractivity contribution in [2.75, 3.05) is 27.7 Å². The SMILES string of the molecule is COc1ccccc1C(CNC(=O)Cn1nnc(-c2ccccc2)n1)N(C)C. The number of methoxy groups -OCH3 is 1. The maximum absolute atomic E-state index is 12.4. The first-order valence-electron chi connectivity index (χ1n) is 8.97. The van der Waals surface area contributed by atoms with Gasteiger partial charge in [-0.05, 0) is 25.4 Å². The Bertz CT molecular complexity index is 910. The Morgan fingerprint density at radius 1 is 1.14 bits per heavy atom. The van der Waals surface area contributed by atoms with Crippen LogP contribution < -0.4 is 10.1 Å². The molecule has 0 spiro atoms. The monoisotopic (exact) mass is 380 g/mol. The Morgan fingerprint density at radius 2 is 1.86 bits per heavy atom. The van der Waals surface area contributed by atoms with E-state index in [0.717, 1.165) is 16.9 Å². The molecule has 0 saturated heterocycles. The van der Waals surface area contributed by atoms with Gasteiger partial charge in [0.1, 0.15) is 12.3 Å². The molecule has 8 nitrogen and oxygen atoms in total. The summed E-state index contributed by atoms with van der Waals surface area (Å²) in [4.78, 5) is 15.7. The maximum Gasteiger partial charge on any atom is 0.243 e. The minimum Gasteiger partial charge on any atom is -0.496 e. The summed E-state index contributed by atoms with van der Waals surface area (Å²) in [6.45, 7) is 0.443. The number of carbonyl (C=O) groups is 1. The molecule has 0 aliphatic rings. The summed E-state index contributed by atoms with van der Waals surface area (Å²) in [5, 5.41) is 15.2. The van der Waals surface area contributed by atoms with E-state index in [1.807, 2.05) is 73.6 Å². The molecule has 1 atom stereocenters. The van der Waals surface area contributed by atoms with Crippen LogP contribution in [0, 0.1) is 0 Å². The van der Waals surface area contributed by atoms with E-state index >= 15 is 0 Å². The van der Waals surface area contributed by atoms with Crippen molar-refractivity contribution in [2.24, 2.45) is 0 Å². The lowest BCUT2D eigenvalue weighted by atomic mass is 10.0. The minimum absolute atomic E-state index is 0.00586. The number of ether oxygens (including phenoxy) is 1. The number of para-hydroxylation sites is 1. The van der Waals surface area contributed by atoms with Crippen molar-refractivity contribution in [1.29, 1.82) is 0 Å². The fourth-order valence-electron chi connectivity index (χ4n) is 2.92. The van der Waals surface area contributed by atoms with E-state index in [0.29, 0.717) is 12.4 Å². The van der Waals surface area contributed by atoms with Gasteiger partial charge in [0.25, 0.3) is 0 Å². The average molecular weight is 380 g/mol. The molecule has 28 heavy (non-hydrogen) atoms. The fraction of sp³-hybridized carbons (Fsp3) is 0.300. The zero-order chi connectivity index (χ0) is 19.9. The first-order chi connectivity index (χ1) is 13.6. The van der Waals surface area contributed by atoms with E-state index in [1.54, 1.807) is 7.11 Å². The predicted molar refractivity (Wildman–Crippen MR) is 106 cm³/mol. The number of hydrogen-bond acceptors (Lipinski definition) is 6. The second-order valence-electron chi connectivity index (χ2n) is 6.53. The molecular weight excluding hydrogens is 356 g/mol. The lowest BCUT2D eigenvalue weighted by molar-refractivity contribution is -0.122. The van der Waals surface area contributed by atoms with E-state index in [-0.39, 0.29) is 18.5 Å². The normalized spacial score (nSPS) is 12.0. The molecule has 0 aliphatic carbocycles. The van der Waals surface area contributed by atoms with Crippen LogP contribution in [-0.2, 0) is 11.3 Å². The summed E-state index contributed by atoms with van der Waals surface area (Å²) >= 11 is 0. The largest absolute Gasteiger partial charge is 0.496 e. The molecule has 0 radical (unpaired) electrons. The topological polar surface area (TPSA) is 85.2 Å². The Morgan fingerprint density at radius 3 is 2.57 bits per heavy atom. The number of aromatic nitrogens is 4. The quantitative estimate of drug-likeness (QED) is 0.641. The van der Waals surface area contributed by atoms with Crippen LogP contribution in [0.5, 0.6) is 5.75 Å². The zero-order valence-electron chi connectivity index (χ0n) is 16.2. The summed E-state index contributed by atoms with van der Waals surface area (Å²) in [5.74, 6) is 1.10. The van der Waals surface area contributed by atoms with E-state index in [4.69, 9.17) is 4.74 Å². The third-order valence-corrected chi connectivity index (χ3v) is 4.38. The molecule has 1 heterocycles. The third kappa shape index (κ3) is 4.72. The number of nitrogens with one attached hydrogen (secondary N) is 1. The number of hydrogen-bond donors (Lipinski definition) is 1. The molecule has 0 aliphatic heterocycles. The van der Waals surface area contributed by atoms with Crippen LogP contribution in [0.3, 0.4) is 0 Å². The van der Waals surface area contributed by atoms with Gasteiger partial charge in [0.2, 0.25) is 11.7 Å². The number of rotatable bonds is 8. The van der Waals surface area contributed by atoms with Gasteiger partial charge in [-0.15, -0.1) is 10.2 Å². The van der Waals surface area contributed by atoms with Crippen LogP contribution >= 0.6 is 0 Å². The zero-order valence-corrected chi connectivity index (χ0v) is 16.2. The second-order valence-corrected chi connectivity index (χ2v) is 6.53. The Hall–Kier alpha value is -3.26. The summed E-state index contributed by atoms with van der Waals surface area (Å²) in [5.41, 5.74) is 1.87. The van der Waals surface area contributed by atoms with Gasteiger partial charge >= 0.3 is 0 Å². The van der Waals surface area contributed by atoms with E-state index in [1.165, 1.54) is 4.80 Å². The van der Waals surface area contributed by atoms with E-state index < -0.39 is 0 Å². The summed E-state index contributed by atoms with van der Waals surface area (Å²) in [7, 11) is 5.58. The van der Waals surface area contributed by atoms with E-state index in [2.05, 4.69) is 20.7 Å². The molecule has 8 heteroatoms. The Kier molecular flexibility index (Phi) is 6.33. The van der Waals surface area contributed by atoms with Gasteiger partial charge in [-0.2, -0.15) is 4.80 Å². The van der Waals surface area contributed by atoms with Gasteiger partial charge in [-0.25, -0.2) is 0 Å². The Balaban J connectivity index is 1.62. The minimum atomic E-state index is -0.182. The van der Waals surface area contributed by atoms with Gasteiger partial charge in [0, 0.05) is 17.7 Å². The van der Waals surface area contributed by atoms with Crippen molar-refractivity contribution in [3.8, 4) is 17.1 Å². The molecule has 3 aromatic rings. The van der Waals surface area contributed by atoms with Gasteiger partial charge < -0.3 is 15.0 Å². The van der Waals surface area contributed by atoms with Crippen molar-refractivity contribution in [2.45, 2.75) is 12.6 Å². The summed E-state index contributed by atoms with van der Waals surface area (Å²) < 4.78 is 5.45. The first-order valence-corrected chi connectivity index (χ1v) is 8.97. The third-order valence-electron chi connectivity index (χ3n) is 4.38. The maximum atomic E-state index is 12.4. The van der Waals surface area contributed by atoms with Crippen LogP contribution in [0.2, 0.25) is 0 Å². The highest BCUT2D eigenvalue weighted by Gasteiger charge is 2.19. The predicted octanol–water partition coefficient (Wildman–Crippen LogP) is 1.77. The standard InChI is InChI=1S/C20H24N6O2/c1-25(2)17(16-11-7-8-12-18(16)28-3)13-21-19(27)14-26-23-20(22-24-26)15-9-5-4-6-10-15/h4-12,17H,13-14H2,1-3H3,(H,21,27). The molecule has 2 aromatic carbocycles. The Labute approximate surface area is 164 Å². The van der Waals surface area contributed by atoms with Crippen LogP contribution in [0.15, 0.2) is 54.6 Å². The molecular formula is C20H24N6O2. The molecule has 1 amide bonds. The first kappa shape index (κ1) is 19.5. The highest BCUT2D eigenvalue weighted by molar-refractivity contribution is 5.75. The highest BCUT2D eigenvalue weighted by atomic mass is 16.5. The van der Waals surface area contributed by atoms with Crippen molar-refractivity contribution in [3.05, 3.63) is 60.2 Å². The molecule has 0 fully saturated rings. The van der Waals surface area contributed by atoms with Crippen LogP contribution in [0.1, 0.15) is 11.6 Å². The van der Waals surface area contributed by atoms with E-state index in [9.17, 15) is 4.79 Å². The van der Waals surface area contributed by atoms with Crippen LogP contribution in [-0.4, -0.2) is 58.8 Å². The van der Waals surface area contributed by atoms with Crippen molar-refractivity contribution >= 4 is 5.91 Å². The molecule has 1 unspecified atom stereocenters. The summed E-state index contributed by atoms with van der Waals surface area (Å²) in [6, 6.07) is 17.3. The van der Waals surface area contributed by atoms with Gasteiger partial charge in [0.15, 0.2) is 0 Å². The molecule has 1 N–H and O–H groups in total. The lowest BCUT2D eigenvalue weighted by Crippen LogP contribution is -2.36. The molecule has 1 aromatic heterocycles. The molecule has 3 rings (SSSR count). The van der Waals surface area contributed by atoms with Crippen molar-refractivity contribution in [3.63, 3.8) is 0 Å². The second kappa shape index (κ2) is 9.09. The van der Waals surface area contributed by atoms with Crippen molar-refractivity contribution in [1.82, 2.24) is 30.4 Å².